The van der Waals surface area contributed by atoms with Gasteiger partial charge in [-0.3, -0.25) is 4.90 Å². The van der Waals surface area contributed by atoms with E-state index in [9.17, 15) is 4.79 Å². The molecule has 3 aromatic rings. The molecule has 0 aliphatic carbocycles. The van der Waals surface area contributed by atoms with E-state index in [1.165, 1.54) is 16.7 Å². The summed E-state index contributed by atoms with van der Waals surface area (Å²) in [6, 6.07) is 14.2. The first kappa shape index (κ1) is 16.7. The first-order valence-electron chi connectivity index (χ1n) is 9.36. The summed E-state index contributed by atoms with van der Waals surface area (Å²) < 4.78 is 6.88. The third kappa shape index (κ3) is 2.77. The molecule has 142 valence electrons. The molecular formula is C20H20N6O2. The lowest BCUT2D eigenvalue weighted by Crippen LogP contribution is -2.34. The van der Waals surface area contributed by atoms with Crippen molar-refractivity contribution in [3.05, 3.63) is 59.2 Å². The zero-order chi connectivity index (χ0) is 19.1. The monoisotopic (exact) mass is 376 g/mol. The van der Waals surface area contributed by atoms with Crippen molar-refractivity contribution in [2.45, 2.75) is 19.9 Å². The van der Waals surface area contributed by atoms with Crippen molar-refractivity contribution in [3.63, 3.8) is 0 Å². The van der Waals surface area contributed by atoms with Crippen molar-refractivity contribution in [2.75, 3.05) is 29.5 Å². The van der Waals surface area contributed by atoms with Crippen LogP contribution in [0.15, 0.2) is 42.5 Å². The Morgan fingerprint density at radius 2 is 1.93 bits per heavy atom. The Kier molecular flexibility index (Phi) is 3.96. The van der Waals surface area contributed by atoms with Gasteiger partial charge in [-0.05, 0) is 53.1 Å². The Labute approximate surface area is 162 Å². The molecule has 1 fully saturated rings. The molecule has 28 heavy (non-hydrogen) atoms. The number of tetrazole rings is 1. The summed E-state index contributed by atoms with van der Waals surface area (Å²) in [5, 5.41) is 12.3. The summed E-state index contributed by atoms with van der Waals surface area (Å²) in [6.45, 7) is 4.57. The molecule has 2 aliphatic heterocycles. The zero-order valence-electron chi connectivity index (χ0n) is 15.6. The fraction of sp³-hybridized carbons (Fsp3) is 0.300. The van der Waals surface area contributed by atoms with Gasteiger partial charge >= 0.3 is 6.09 Å². The number of fused-ring (bicyclic) bond motifs is 1. The van der Waals surface area contributed by atoms with E-state index in [4.69, 9.17) is 4.74 Å². The lowest BCUT2D eigenvalue weighted by Gasteiger charge is -2.31. The highest BCUT2D eigenvalue weighted by Gasteiger charge is 2.29. The molecule has 2 aromatic carbocycles. The zero-order valence-corrected chi connectivity index (χ0v) is 15.6. The summed E-state index contributed by atoms with van der Waals surface area (Å²) in [5.74, 6) is 0.723. The van der Waals surface area contributed by atoms with Gasteiger partial charge in [0, 0.05) is 13.1 Å². The van der Waals surface area contributed by atoms with E-state index in [-0.39, 0.29) is 6.09 Å². The summed E-state index contributed by atoms with van der Waals surface area (Å²) >= 11 is 0. The molecule has 5 rings (SSSR count). The van der Waals surface area contributed by atoms with E-state index >= 15 is 0 Å². The summed E-state index contributed by atoms with van der Waals surface area (Å²) in [5.41, 5.74) is 5.47. The largest absolute Gasteiger partial charge is 0.447 e. The summed E-state index contributed by atoms with van der Waals surface area (Å²) in [6.07, 6.45) is 0.551. The second-order valence-corrected chi connectivity index (χ2v) is 7.08. The molecule has 1 aromatic heterocycles. The minimum absolute atomic E-state index is 0.265. The molecular weight excluding hydrogens is 356 g/mol. The number of carbonyl (C=O) groups excluding carboxylic acids is 1. The average molecular weight is 376 g/mol. The Balaban J connectivity index is 1.45. The maximum absolute atomic E-state index is 12.0. The lowest BCUT2D eigenvalue weighted by atomic mass is 9.97. The predicted octanol–water partition coefficient (Wildman–Crippen LogP) is 2.49. The Morgan fingerprint density at radius 1 is 1.07 bits per heavy atom. The molecule has 0 N–H and O–H groups in total. The molecule has 1 saturated heterocycles. The number of hydrogen-bond donors (Lipinski definition) is 0. The van der Waals surface area contributed by atoms with Gasteiger partial charge in [-0.2, -0.15) is 4.68 Å². The third-order valence-electron chi connectivity index (χ3n) is 5.31. The van der Waals surface area contributed by atoms with Gasteiger partial charge in [0.25, 0.3) is 5.95 Å². The van der Waals surface area contributed by atoms with Crippen molar-refractivity contribution in [1.82, 2.24) is 20.2 Å². The van der Waals surface area contributed by atoms with Gasteiger partial charge in [0.15, 0.2) is 0 Å². The van der Waals surface area contributed by atoms with Crippen LogP contribution >= 0.6 is 0 Å². The fourth-order valence-electron chi connectivity index (χ4n) is 3.86. The van der Waals surface area contributed by atoms with Crippen LogP contribution in [-0.2, 0) is 17.7 Å². The molecule has 0 saturated carbocycles. The highest BCUT2D eigenvalue weighted by atomic mass is 16.6. The molecule has 0 bridgehead atoms. The van der Waals surface area contributed by atoms with E-state index in [1.54, 1.807) is 9.58 Å². The first-order valence-corrected chi connectivity index (χ1v) is 9.36. The van der Waals surface area contributed by atoms with E-state index < -0.39 is 0 Å². The predicted molar refractivity (Wildman–Crippen MR) is 104 cm³/mol. The molecule has 2 aliphatic rings. The molecule has 3 heterocycles. The topological polar surface area (TPSA) is 76.4 Å². The van der Waals surface area contributed by atoms with Crippen LogP contribution in [0.1, 0.15) is 16.7 Å². The van der Waals surface area contributed by atoms with Crippen molar-refractivity contribution in [2.24, 2.45) is 0 Å². The molecule has 0 atom stereocenters. The third-order valence-corrected chi connectivity index (χ3v) is 5.31. The molecule has 0 unspecified atom stereocenters. The number of aryl methyl sites for hydroxylation is 1. The minimum Gasteiger partial charge on any atom is -0.447 e. The van der Waals surface area contributed by atoms with Crippen molar-refractivity contribution in [3.8, 4) is 5.69 Å². The van der Waals surface area contributed by atoms with Crippen LogP contribution in [0.5, 0.6) is 0 Å². The Morgan fingerprint density at radius 3 is 2.71 bits per heavy atom. The molecule has 8 nitrogen and oxygen atoms in total. The number of aromatic nitrogens is 4. The van der Waals surface area contributed by atoms with Crippen LogP contribution in [0.3, 0.4) is 0 Å². The average Bonchev–Trinajstić information content (AvgIpc) is 3.37. The fourth-order valence-corrected chi connectivity index (χ4v) is 3.86. The highest BCUT2D eigenvalue weighted by Crippen LogP contribution is 2.32. The van der Waals surface area contributed by atoms with Gasteiger partial charge in [-0.1, -0.05) is 34.9 Å². The van der Waals surface area contributed by atoms with Crippen LogP contribution in [0.2, 0.25) is 0 Å². The molecule has 0 spiro atoms. The highest BCUT2D eigenvalue weighted by molar-refractivity contribution is 5.90. The molecule has 1 amide bonds. The van der Waals surface area contributed by atoms with Gasteiger partial charge < -0.3 is 9.64 Å². The number of hydrogen-bond acceptors (Lipinski definition) is 6. The van der Waals surface area contributed by atoms with Crippen LogP contribution in [0.25, 0.3) is 5.69 Å². The van der Waals surface area contributed by atoms with Crippen molar-refractivity contribution >= 4 is 17.7 Å². The summed E-state index contributed by atoms with van der Waals surface area (Å²) in [4.78, 5) is 15.9. The number of amides is 1. The summed E-state index contributed by atoms with van der Waals surface area (Å²) in [7, 11) is 0. The van der Waals surface area contributed by atoms with E-state index in [2.05, 4.69) is 33.4 Å². The molecule has 8 heteroatoms. The number of cyclic esters (lactones) is 1. The Bertz CT molecular complexity index is 1030. The van der Waals surface area contributed by atoms with Crippen LogP contribution in [-0.4, -0.2) is 46.0 Å². The first-order chi connectivity index (χ1) is 13.7. The van der Waals surface area contributed by atoms with Crippen LogP contribution in [0.4, 0.5) is 16.4 Å². The van der Waals surface area contributed by atoms with Gasteiger partial charge in [0.1, 0.15) is 6.61 Å². The van der Waals surface area contributed by atoms with Gasteiger partial charge in [0.05, 0.1) is 17.9 Å². The van der Waals surface area contributed by atoms with Crippen LogP contribution < -0.4 is 9.80 Å². The van der Waals surface area contributed by atoms with E-state index in [0.29, 0.717) is 19.7 Å². The normalized spacial score (nSPS) is 16.2. The molecule has 0 radical (unpaired) electrons. The SMILES string of the molecule is Cc1ccc(-n2nnnc2N2CCc3c(cccc3N3CCOC3=O)C2)cc1. The van der Waals surface area contributed by atoms with Gasteiger partial charge in [-0.25, -0.2) is 4.79 Å². The second-order valence-electron chi connectivity index (χ2n) is 7.08. The van der Waals surface area contributed by atoms with Crippen LogP contribution in [0, 0.1) is 6.92 Å². The number of ether oxygens (including phenoxy) is 1. The van der Waals surface area contributed by atoms with E-state index in [0.717, 1.165) is 30.3 Å². The number of benzene rings is 2. The number of anilines is 2. The number of nitrogens with zero attached hydrogens (tertiary/aromatic N) is 6. The van der Waals surface area contributed by atoms with Crippen molar-refractivity contribution in [1.29, 1.82) is 0 Å². The second kappa shape index (κ2) is 6.63. The number of carbonyl (C=O) groups is 1. The van der Waals surface area contributed by atoms with E-state index in [1.807, 2.05) is 36.4 Å². The standard InChI is InChI=1S/C20H20N6O2/c1-14-5-7-16(8-6-14)26-19(21-22-23-26)24-10-9-17-15(13-24)3-2-4-18(17)25-11-12-28-20(25)27/h2-8H,9-13H2,1H3. The minimum atomic E-state index is -0.265. The smallest absolute Gasteiger partial charge is 0.414 e. The quantitative estimate of drug-likeness (QED) is 0.699. The Hall–Kier alpha value is -3.42. The maximum Gasteiger partial charge on any atom is 0.414 e. The maximum atomic E-state index is 12.0. The van der Waals surface area contributed by atoms with Gasteiger partial charge in [0.2, 0.25) is 0 Å². The lowest BCUT2D eigenvalue weighted by molar-refractivity contribution is 0.181. The number of rotatable bonds is 3. The van der Waals surface area contributed by atoms with Gasteiger partial charge in [-0.15, -0.1) is 0 Å². The van der Waals surface area contributed by atoms with Crippen molar-refractivity contribution < 1.29 is 9.53 Å².